The topological polar surface area (TPSA) is 86.3 Å². The van der Waals surface area contributed by atoms with Crippen LogP contribution in [0.1, 0.15) is 27.7 Å². The van der Waals surface area contributed by atoms with Crippen LogP contribution < -0.4 is 34.9 Å². The van der Waals surface area contributed by atoms with Crippen LogP contribution in [0, 0.1) is 5.92 Å². The van der Waals surface area contributed by atoms with Gasteiger partial charge in [0.05, 0.1) is 15.9 Å². The minimum Gasteiger partial charge on any atom is -0.748 e. The molecule has 1 N–H and O–H groups in total. The van der Waals surface area contributed by atoms with E-state index in [0.717, 1.165) is 0 Å². The first-order valence-corrected chi connectivity index (χ1v) is 5.87. The third-order valence-electron chi connectivity index (χ3n) is 1.52. The van der Waals surface area contributed by atoms with Gasteiger partial charge in [0.15, 0.2) is 0 Å². The van der Waals surface area contributed by atoms with E-state index in [9.17, 15) is 17.8 Å². The van der Waals surface area contributed by atoms with Gasteiger partial charge in [-0.15, -0.1) is 0 Å². The van der Waals surface area contributed by atoms with Crippen molar-refractivity contribution in [3.63, 3.8) is 0 Å². The molecule has 0 saturated carbocycles. The second-order valence-corrected chi connectivity index (χ2v) is 5.63. The average molecular weight is 245 g/mol. The normalized spacial score (nSPS) is 12.1. The Morgan fingerprint density at radius 3 is 2.07 bits per heavy atom. The predicted molar refractivity (Wildman–Crippen MR) is 51.6 cm³/mol. The standard InChI is InChI=1S/C8H17NO4S.Na/c1-6(2)7(10)9-8(3,4)5-14(11,12)13;/h6H,5H2,1-4H3,(H,9,10)(H,11,12,13);/q;+1/p-1. The van der Waals surface area contributed by atoms with E-state index in [0.29, 0.717) is 0 Å². The summed E-state index contributed by atoms with van der Waals surface area (Å²) in [6.07, 6.45) is 0. The van der Waals surface area contributed by atoms with E-state index in [4.69, 9.17) is 0 Å². The fourth-order valence-electron chi connectivity index (χ4n) is 0.956. The Morgan fingerprint density at radius 1 is 1.40 bits per heavy atom. The Bertz CT molecular complexity index is 311. The average Bonchev–Trinajstić information content (AvgIpc) is 1.78. The van der Waals surface area contributed by atoms with E-state index in [2.05, 4.69) is 5.32 Å². The third kappa shape index (κ3) is 9.32. The second-order valence-electron chi connectivity index (χ2n) is 4.23. The molecule has 0 atom stereocenters. The number of hydrogen-bond acceptors (Lipinski definition) is 4. The van der Waals surface area contributed by atoms with E-state index in [-0.39, 0.29) is 41.4 Å². The van der Waals surface area contributed by atoms with Crippen LogP contribution in [0.15, 0.2) is 0 Å². The van der Waals surface area contributed by atoms with Crippen LogP contribution in [0.5, 0.6) is 0 Å². The number of rotatable bonds is 4. The minimum atomic E-state index is -4.32. The van der Waals surface area contributed by atoms with Crippen molar-refractivity contribution in [1.29, 1.82) is 0 Å². The molecule has 0 unspecified atom stereocenters. The molecule has 1 amide bonds. The molecule has 0 aliphatic rings. The molecule has 5 nitrogen and oxygen atoms in total. The van der Waals surface area contributed by atoms with Gasteiger partial charge in [0.1, 0.15) is 0 Å². The molecule has 0 heterocycles. The molecule has 0 bridgehead atoms. The van der Waals surface area contributed by atoms with Crippen LogP contribution in [0.4, 0.5) is 0 Å². The van der Waals surface area contributed by atoms with Gasteiger partial charge < -0.3 is 9.87 Å². The summed E-state index contributed by atoms with van der Waals surface area (Å²) in [6.45, 7) is 6.39. The maximum atomic E-state index is 11.2. The van der Waals surface area contributed by atoms with E-state index < -0.39 is 21.4 Å². The summed E-state index contributed by atoms with van der Waals surface area (Å²) in [5.41, 5.74) is -1.01. The number of nitrogens with one attached hydrogen (secondary N) is 1. The van der Waals surface area contributed by atoms with E-state index in [1.165, 1.54) is 13.8 Å². The van der Waals surface area contributed by atoms with Gasteiger partial charge in [-0.2, -0.15) is 0 Å². The first-order chi connectivity index (χ1) is 6.03. The van der Waals surface area contributed by atoms with Crippen molar-refractivity contribution in [3.05, 3.63) is 0 Å². The first-order valence-electron chi connectivity index (χ1n) is 4.29. The van der Waals surface area contributed by atoms with E-state index in [1.807, 2.05) is 0 Å². The van der Waals surface area contributed by atoms with Crippen LogP contribution in [0.2, 0.25) is 0 Å². The molecule has 0 rings (SSSR count). The maximum absolute atomic E-state index is 11.2. The molecular formula is C8H16NNaO4S. The van der Waals surface area contributed by atoms with Crippen LogP contribution in [0.3, 0.4) is 0 Å². The maximum Gasteiger partial charge on any atom is 1.00 e. The molecule has 0 aromatic rings. The van der Waals surface area contributed by atoms with Crippen molar-refractivity contribution in [2.45, 2.75) is 33.2 Å². The molecular weight excluding hydrogens is 229 g/mol. The summed E-state index contributed by atoms with van der Waals surface area (Å²) in [5.74, 6) is -1.10. The molecule has 0 radical (unpaired) electrons. The number of carbonyl (C=O) groups excluding carboxylic acids is 1. The molecule has 0 saturated heterocycles. The Hall–Kier alpha value is 0.380. The fourth-order valence-corrected chi connectivity index (χ4v) is 1.91. The second kappa shape index (κ2) is 6.20. The van der Waals surface area contributed by atoms with Crippen LogP contribution in [0.25, 0.3) is 0 Å². The first kappa shape index (κ1) is 17.8. The van der Waals surface area contributed by atoms with Gasteiger partial charge in [-0.05, 0) is 13.8 Å². The molecule has 15 heavy (non-hydrogen) atoms. The third-order valence-corrected chi connectivity index (χ3v) is 2.60. The monoisotopic (exact) mass is 245 g/mol. The summed E-state index contributed by atoms with van der Waals surface area (Å²) in [7, 11) is -4.32. The summed E-state index contributed by atoms with van der Waals surface area (Å²) in [6, 6.07) is 0. The largest absolute Gasteiger partial charge is 1.00 e. The zero-order valence-corrected chi connectivity index (χ0v) is 12.6. The summed E-state index contributed by atoms with van der Waals surface area (Å²) in [5, 5.41) is 2.49. The van der Waals surface area contributed by atoms with Gasteiger partial charge in [0.2, 0.25) is 5.91 Å². The summed E-state index contributed by atoms with van der Waals surface area (Å²) in [4.78, 5) is 11.2. The smallest absolute Gasteiger partial charge is 0.748 e. The van der Waals surface area contributed by atoms with Gasteiger partial charge in [-0.3, -0.25) is 4.79 Å². The predicted octanol–water partition coefficient (Wildman–Crippen LogP) is -2.91. The van der Waals surface area contributed by atoms with Crippen LogP contribution >= 0.6 is 0 Å². The van der Waals surface area contributed by atoms with E-state index >= 15 is 0 Å². The molecule has 84 valence electrons. The minimum absolute atomic E-state index is 0. The van der Waals surface area contributed by atoms with Crippen molar-refractivity contribution in [2.75, 3.05) is 5.75 Å². The van der Waals surface area contributed by atoms with Gasteiger partial charge >= 0.3 is 29.6 Å². The SMILES string of the molecule is CC(C)C(=O)NC(C)(C)CS(=O)(=O)[O-].[Na+]. The molecule has 0 aliphatic heterocycles. The Labute approximate surface area is 113 Å². The quantitative estimate of drug-likeness (QED) is 0.425. The number of hydrogen-bond donors (Lipinski definition) is 1. The molecule has 7 heteroatoms. The molecule has 0 spiro atoms. The summed E-state index contributed by atoms with van der Waals surface area (Å²) < 4.78 is 31.5. The molecule has 0 aromatic carbocycles. The zero-order chi connectivity index (χ0) is 11.6. The Morgan fingerprint density at radius 2 is 1.80 bits per heavy atom. The van der Waals surface area contributed by atoms with Gasteiger partial charge in [0, 0.05) is 11.5 Å². The summed E-state index contributed by atoms with van der Waals surface area (Å²) >= 11 is 0. The van der Waals surface area contributed by atoms with E-state index in [1.54, 1.807) is 13.8 Å². The fraction of sp³-hybridized carbons (Fsp3) is 0.875. The molecule has 0 fully saturated rings. The number of carbonyl (C=O) groups is 1. The van der Waals surface area contributed by atoms with Crippen molar-refractivity contribution >= 4 is 16.0 Å². The van der Waals surface area contributed by atoms with Crippen molar-refractivity contribution in [1.82, 2.24) is 5.32 Å². The van der Waals surface area contributed by atoms with Crippen molar-refractivity contribution in [3.8, 4) is 0 Å². The molecule has 0 aliphatic carbocycles. The van der Waals surface area contributed by atoms with Crippen molar-refractivity contribution in [2.24, 2.45) is 5.92 Å². The van der Waals surface area contributed by atoms with Gasteiger partial charge in [0.25, 0.3) is 0 Å². The zero-order valence-electron chi connectivity index (χ0n) is 9.83. The van der Waals surface area contributed by atoms with Gasteiger partial charge in [-0.1, -0.05) is 13.8 Å². The van der Waals surface area contributed by atoms with Crippen LogP contribution in [-0.2, 0) is 14.9 Å². The molecule has 0 aromatic heterocycles. The van der Waals surface area contributed by atoms with Crippen LogP contribution in [-0.4, -0.2) is 30.2 Å². The Balaban J connectivity index is 0. The van der Waals surface area contributed by atoms with Crippen molar-refractivity contribution < 1.29 is 47.3 Å². The van der Waals surface area contributed by atoms with Gasteiger partial charge in [-0.25, -0.2) is 8.42 Å². The Kier molecular flexibility index (Phi) is 7.34. The number of amides is 1.